The van der Waals surface area contributed by atoms with Crippen LogP contribution in [0.1, 0.15) is 29.5 Å². The topological polar surface area (TPSA) is 46.5 Å². The van der Waals surface area contributed by atoms with Crippen molar-refractivity contribution in [2.45, 2.75) is 19.3 Å². The first-order valence-corrected chi connectivity index (χ1v) is 7.23. The van der Waals surface area contributed by atoms with Crippen LogP contribution < -0.4 is 4.74 Å². The Kier molecular flexibility index (Phi) is 5.37. The summed E-state index contributed by atoms with van der Waals surface area (Å²) in [6.45, 7) is 2.16. The standard InChI is InChI=1S/C19H20O3/c1-14(15-7-4-3-5-8-15)13-17-16(11-12-19(20)21)9-6-10-18(17)22-2/h3-12,14H,13H2,1-2H3,(H,20,21)/b12-11-. The zero-order valence-electron chi connectivity index (χ0n) is 12.8. The van der Waals surface area contributed by atoms with Crippen molar-refractivity contribution in [3.8, 4) is 5.75 Å². The fraction of sp³-hybridized carbons (Fsp3) is 0.211. The number of hydrogen-bond donors (Lipinski definition) is 1. The van der Waals surface area contributed by atoms with E-state index in [0.717, 1.165) is 29.4 Å². The Balaban J connectivity index is 2.33. The molecule has 2 rings (SSSR count). The number of carboxylic acids is 1. The minimum Gasteiger partial charge on any atom is -0.496 e. The molecule has 0 aliphatic rings. The Morgan fingerprint density at radius 2 is 1.91 bits per heavy atom. The highest BCUT2D eigenvalue weighted by molar-refractivity contribution is 5.85. The fourth-order valence-corrected chi connectivity index (χ4v) is 2.52. The van der Waals surface area contributed by atoms with Gasteiger partial charge in [0.25, 0.3) is 0 Å². The van der Waals surface area contributed by atoms with Crippen molar-refractivity contribution in [1.82, 2.24) is 0 Å². The van der Waals surface area contributed by atoms with E-state index in [-0.39, 0.29) is 0 Å². The second kappa shape index (κ2) is 7.46. The highest BCUT2D eigenvalue weighted by atomic mass is 16.5. The van der Waals surface area contributed by atoms with E-state index in [4.69, 9.17) is 9.84 Å². The average molecular weight is 296 g/mol. The molecule has 114 valence electrons. The first-order chi connectivity index (χ1) is 10.6. The van der Waals surface area contributed by atoms with Crippen LogP contribution in [0.25, 0.3) is 6.08 Å². The van der Waals surface area contributed by atoms with E-state index in [1.54, 1.807) is 13.2 Å². The first kappa shape index (κ1) is 15.8. The molecule has 0 aliphatic heterocycles. The highest BCUT2D eigenvalue weighted by Crippen LogP contribution is 2.29. The van der Waals surface area contributed by atoms with Gasteiger partial charge in [0.15, 0.2) is 0 Å². The van der Waals surface area contributed by atoms with Gasteiger partial charge in [-0.3, -0.25) is 0 Å². The van der Waals surface area contributed by atoms with Crippen LogP contribution in [0.2, 0.25) is 0 Å². The molecule has 0 fully saturated rings. The highest BCUT2D eigenvalue weighted by Gasteiger charge is 2.13. The summed E-state index contributed by atoms with van der Waals surface area (Å²) >= 11 is 0. The zero-order chi connectivity index (χ0) is 15.9. The molecule has 0 aromatic heterocycles. The second-order valence-corrected chi connectivity index (χ2v) is 5.22. The molecule has 3 heteroatoms. The number of rotatable bonds is 6. The minimum atomic E-state index is -0.954. The van der Waals surface area contributed by atoms with Gasteiger partial charge in [-0.1, -0.05) is 49.4 Å². The monoisotopic (exact) mass is 296 g/mol. The molecule has 1 atom stereocenters. The molecule has 0 bridgehead atoms. The van der Waals surface area contributed by atoms with Crippen LogP contribution in [-0.2, 0) is 11.2 Å². The summed E-state index contributed by atoms with van der Waals surface area (Å²) in [5.74, 6) is 0.148. The lowest BCUT2D eigenvalue weighted by atomic mass is 9.90. The molecular formula is C19H20O3. The predicted octanol–water partition coefficient (Wildman–Crippen LogP) is 4.14. The number of benzene rings is 2. The summed E-state index contributed by atoms with van der Waals surface area (Å²) in [5, 5.41) is 8.83. The minimum absolute atomic E-state index is 0.314. The number of aliphatic carboxylic acids is 1. The van der Waals surface area contributed by atoms with Crippen molar-refractivity contribution in [3.05, 3.63) is 71.3 Å². The molecule has 0 radical (unpaired) electrons. The summed E-state index contributed by atoms with van der Waals surface area (Å²) in [4.78, 5) is 10.8. The van der Waals surface area contributed by atoms with Crippen LogP contribution in [0.5, 0.6) is 5.75 Å². The summed E-state index contributed by atoms with van der Waals surface area (Å²) < 4.78 is 5.45. The van der Waals surface area contributed by atoms with Gasteiger partial charge in [-0.05, 0) is 35.6 Å². The van der Waals surface area contributed by atoms with Gasteiger partial charge in [-0.25, -0.2) is 4.79 Å². The molecule has 0 saturated heterocycles. The second-order valence-electron chi connectivity index (χ2n) is 5.22. The van der Waals surface area contributed by atoms with Crippen molar-refractivity contribution < 1.29 is 14.6 Å². The predicted molar refractivity (Wildman–Crippen MR) is 88.2 cm³/mol. The summed E-state index contributed by atoms with van der Waals surface area (Å²) in [7, 11) is 1.64. The van der Waals surface area contributed by atoms with Crippen molar-refractivity contribution in [3.63, 3.8) is 0 Å². The van der Waals surface area contributed by atoms with Crippen LogP contribution in [0.4, 0.5) is 0 Å². The van der Waals surface area contributed by atoms with E-state index in [2.05, 4.69) is 19.1 Å². The van der Waals surface area contributed by atoms with Crippen molar-refractivity contribution in [2.75, 3.05) is 7.11 Å². The maximum absolute atomic E-state index is 10.8. The summed E-state index contributed by atoms with van der Waals surface area (Å²) in [6.07, 6.45) is 3.57. The Labute approximate surface area is 130 Å². The maximum atomic E-state index is 10.8. The number of hydrogen-bond acceptors (Lipinski definition) is 2. The lowest BCUT2D eigenvalue weighted by Gasteiger charge is -2.17. The van der Waals surface area contributed by atoms with Crippen LogP contribution in [0.15, 0.2) is 54.6 Å². The van der Waals surface area contributed by atoms with E-state index in [1.165, 1.54) is 5.56 Å². The quantitative estimate of drug-likeness (QED) is 0.815. The third-order valence-electron chi connectivity index (χ3n) is 3.67. The third kappa shape index (κ3) is 3.98. The lowest BCUT2D eigenvalue weighted by molar-refractivity contribution is -0.131. The lowest BCUT2D eigenvalue weighted by Crippen LogP contribution is -2.03. The number of carbonyl (C=O) groups is 1. The molecule has 1 unspecified atom stereocenters. The average Bonchev–Trinajstić information content (AvgIpc) is 2.54. The molecule has 0 heterocycles. The smallest absolute Gasteiger partial charge is 0.328 e. The van der Waals surface area contributed by atoms with Crippen molar-refractivity contribution in [2.24, 2.45) is 0 Å². The van der Waals surface area contributed by atoms with Crippen LogP contribution >= 0.6 is 0 Å². The molecule has 1 N–H and O–H groups in total. The van der Waals surface area contributed by atoms with E-state index in [9.17, 15) is 4.79 Å². The Hall–Kier alpha value is -2.55. The van der Waals surface area contributed by atoms with E-state index in [0.29, 0.717) is 5.92 Å². The first-order valence-electron chi connectivity index (χ1n) is 7.23. The van der Waals surface area contributed by atoms with E-state index < -0.39 is 5.97 Å². The van der Waals surface area contributed by atoms with Gasteiger partial charge in [0.1, 0.15) is 5.75 Å². The van der Waals surface area contributed by atoms with Crippen LogP contribution in [0, 0.1) is 0 Å². The molecule has 22 heavy (non-hydrogen) atoms. The summed E-state index contributed by atoms with van der Waals surface area (Å²) in [6, 6.07) is 16.0. The van der Waals surface area contributed by atoms with Gasteiger partial charge in [0.2, 0.25) is 0 Å². The Bertz CT molecular complexity index is 660. The van der Waals surface area contributed by atoms with Gasteiger partial charge in [-0.15, -0.1) is 0 Å². The Morgan fingerprint density at radius 1 is 1.18 bits per heavy atom. The van der Waals surface area contributed by atoms with Gasteiger partial charge >= 0.3 is 5.97 Å². The van der Waals surface area contributed by atoms with E-state index >= 15 is 0 Å². The van der Waals surface area contributed by atoms with Crippen molar-refractivity contribution in [1.29, 1.82) is 0 Å². The Morgan fingerprint density at radius 3 is 2.55 bits per heavy atom. The van der Waals surface area contributed by atoms with Crippen molar-refractivity contribution >= 4 is 12.0 Å². The molecule has 0 aliphatic carbocycles. The number of methoxy groups -OCH3 is 1. The molecule has 3 nitrogen and oxygen atoms in total. The molecular weight excluding hydrogens is 276 g/mol. The van der Waals surface area contributed by atoms with Gasteiger partial charge in [-0.2, -0.15) is 0 Å². The van der Waals surface area contributed by atoms with Gasteiger partial charge in [0, 0.05) is 11.6 Å². The third-order valence-corrected chi connectivity index (χ3v) is 3.67. The van der Waals surface area contributed by atoms with Gasteiger partial charge < -0.3 is 9.84 Å². The fourth-order valence-electron chi connectivity index (χ4n) is 2.52. The molecule has 0 spiro atoms. The largest absolute Gasteiger partial charge is 0.496 e. The van der Waals surface area contributed by atoms with E-state index in [1.807, 2.05) is 36.4 Å². The summed E-state index contributed by atoms with van der Waals surface area (Å²) in [5.41, 5.74) is 3.16. The normalized spacial score (nSPS) is 12.3. The van der Waals surface area contributed by atoms with Crippen LogP contribution in [0.3, 0.4) is 0 Å². The maximum Gasteiger partial charge on any atom is 0.328 e. The number of carboxylic acid groups (broad SMARTS) is 1. The molecule has 0 amide bonds. The zero-order valence-corrected chi connectivity index (χ0v) is 12.8. The molecule has 2 aromatic carbocycles. The molecule has 0 saturated carbocycles. The molecule has 2 aromatic rings. The van der Waals surface area contributed by atoms with Crippen LogP contribution in [-0.4, -0.2) is 18.2 Å². The SMILES string of the molecule is COc1cccc(/C=C\C(=O)O)c1CC(C)c1ccccc1. The van der Waals surface area contributed by atoms with Gasteiger partial charge in [0.05, 0.1) is 7.11 Å². The number of ether oxygens (including phenoxy) is 1.